The van der Waals surface area contributed by atoms with Gasteiger partial charge in [0.1, 0.15) is 12.1 Å². The van der Waals surface area contributed by atoms with Gasteiger partial charge in [-0.15, -0.1) is 0 Å². The summed E-state index contributed by atoms with van der Waals surface area (Å²) in [6.45, 7) is 4.20. The fourth-order valence-corrected chi connectivity index (χ4v) is 2.67. The summed E-state index contributed by atoms with van der Waals surface area (Å²) < 4.78 is 0. The zero-order valence-electron chi connectivity index (χ0n) is 11.4. The Morgan fingerprint density at radius 2 is 2.00 bits per heavy atom. The molecule has 2 unspecified atom stereocenters. The highest BCUT2D eigenvalue weighted by Gasteiger charge is 2.15. The lowest BCUT2D eigenvalue weighted by molar-refractivity contribution is 0.602. The van der Waals surface area contributed by atoms with E-state index in [1.807, 2.05) is 6.92 Å². The molecule has 4 nitrogen and oxygen atoms in total. The molecule has 0 saturated carbocycles. The highest BCUT2D eigenvalue weighted by atomic mass is 15.0. The van der Waals surface area contributed by atoms with Crippen LogP contribution in [0.15, 0.2) is 6.33 Å². The number of hydrogen-bond donors (Lipinski definition) is 2. The minimum absolute atomic E-state index is 0.216. The number of nitrogens with two attached hydrogens (primary N) is 1. The zero-order valence-corrected chi connectivity index (χ0v) is 11.4. The Labute approximate surface area is 109 Å². The second-order valence-electron chi connectivity index (χ2n) is 5.47. The first-order valence-corrected chi connectivity index (χ1v) is 7.01. The van der Waals surface area contributed by atoms with E-state index >= 15 is 0 Å². The standard InChI is InChI=1S/C14H24N4/c1-10(15)8-11(2)18-14-12-6-4-3-5-7-13(12)16-9-17-14/h9-11H,3-8,15H2,1-2H3,(H,16,17,18). The van der Waals surface area contributed by atoms with Crippen LogP contribution in [0.2, 0.25) is 0 Å². The average molecular weight is 248 g/mol. The Balaban J connectivity index is 2.13. The molecular weight excluding hydrogens is 224 g/mol. The third-order valence-electron chi connectivity index (χ3n) is 3.48. The third kappa shape index (κ3) is 3.42. The molecular formula is C14H24N4. The van der Waals surface area contributed by atoms with Crippen molar-refractivity contribution in [1.82, 2.24) is 9.97 Å². The van der Waals surface area contributed by atoms with Gasteiger partial charge in [-0.2, -0.15) is 0 Å². The minimum Gasteiger partial charge on any atom is -0.367 e. The Morgan fingerprint density at radius 1 is 1.22 bits per heavy atom. The molecule has 0 bridgehead atoms. The molecule has 100 valence electrons. The monoisotopic (exact) mass is 248 g/mol. The van der Waals surface area contributed by atoms with E-state index in [1.54, 1.807) is 6.33 Å². The van der Waals surface area contributed by atoms with E-state index in [4.69, 9.17) is 5.73 Å². The molecule has 0 saturated heterocycles. The number of rotatable bonds is 4. The lowest BCUT2D eigenvalue weighted by atomic mass is 10.1. The molecule has 1 aromatic rings. The van der Waals surface area contributed by atoms with E-state index in [9.17, 15) is 0 Å². The van der Waals surface area contributed by atoms with Crippen molar-refractivity contribution in [2.75, 3.05) is 5.32 Å². The van der Waals surface area contributed by atoms with Gasteiger partial charge < -0.3 is 11.1 Å². The fraction of sp³-hybridized carbons (Fsp3) is 0.714. The van der Waals surface area contributed by atoms with E-state index in [2.05, 4.69) is 22.2 Å². The van der Waals surface area contributed by atoms with Crippen molar-refractivity contribution >= 4 is 5.82 Å². The first-order valence-electron chi connectivity index (χ1n) is 7.01. The van der Waals surface area contributed by atoms with Crippen molar-refractivity contribution in [1.29, 1.82) is 0 Å². The van der Waals surface area contributed by atoms with Crippen LogP contribution >= 0.6 is 0 Å². The topological polar surface area (TPSA) is 63.8 Å². The molecule has 3 N–H and O–H groups in total. The molecule has 1 aliphatic carbocycles. The smallest absolute Gasteiger partial charge is 0.133 e. The molecule has 0 spiro atoms. The van der Waals surface area contributed by atoms with Crippen molar-refractivity contribution in [3.63, 3.8) is 0 Å². The van der Waals surface area contributed by atoms with Crippen molar-refractivity contribution < 1.29 is 0 Å². The maximum Gasteiger partial charge on any atom is 0.133 e. The summed E-state index contributed by atoms with van der Waals surface area (Å²) in [5.74, 6) is 1.02. The van der Waals surface area contributed by atoms with Crippen molar-refractivity contribution in [3.05, 3.63) is 17.6 Å². The highest BCUT2D eigenvalue weighted by Crippen LogP contribution is 2.24. The summed E-state index contributed by atoms with van der Waals surface area (Å²) in [7, 11) is 0. The number of anilines is 1. The van der Waals surface area contributed by atoms with Crippen molar-refractivity contribution in [2.45, 2.75) is 64.5 Å². The van der Waals surface area contributed by atoms with Gasteiger partial charge in [0.2, 0.25) is 0 Å². The summed E-state index contributed by atoms with van der Waals surface area (Å²) in [6, 6.07) is 0.570. The Kier molecular flexibility index (Phi) is 4.53. The summed E-state index contributed by atoms with van der Waals surface area (Å²) in [6.07, 6.45) is 8.63. The van der Waals surface area contributed by atoms with Crippen LogP contribution in [0.3, 0.4) is 0 Å². The molecule has 4 heteroatoms. The second kappa shape index (κ2) is 6.14. The van der Waals surface area contributed by atoms with Crippen molar-refractivity contribution in [3.8, 4) is 0 Å². The van der Waals surface area contributed by atoms with Crippen LogP contribution in [-0.4, -0.2) is 22.1 Å². The van der Waals surface area contributed by atoms with Crippen LogP contribution in [0.5, 0.6) is 0 Å². The summed E-state index contributed by atoms with van der Waals surface area (Å²) in [5, 5.41) is 3.50. The van der Waals surface area contributed by atoms with Crippen LogP contribution in [0.1, 0.15) is 50.8 Å². The van der Waals surface area contributed by atoms with E-state index in [1.165, 1.54) is 30.5 Å². The van der Waals surface area contributed by atoms with E-state index in [-0.39, 0.29) is 6.04 Å². The van der Waals surface area contributed by atoms with Gasteiger partial charge in [-0.3, -0.25) is 0 Å². The number of nitrogens with zero attached hydrogens (tertiary/aromatic N) is 2. The van der Waals surface area contributed by atoms with Crippen LogP contribution in [0.25, 0.3) is 0 Å². The minimum atomic E-state index is 0.216. The highest BCUT2D eigenvalue weighted by molar-refractivity contribution is 5.47. The second-order valence-corrected chi connectivity index (χ2v) is 5.47. The lowest BCUT2D eigenvalue weighted by Gasteiger charge is -2.19. The van der Waals surface area contributed by atoms with E-state index < -0.39 is 0 Å². The molecule has 1 aromatic heterocycles. The summed E-state index contributed by atoms with van der Waals surface area (Å²) in [4.78, 5) is 8.85. The molecule has 2 rings (SSSR count). The Bertz CT molecular complexity index is 389. The van der Waals surface area contributed by atoms with Crippen LogP contribution in [0.4, 0.5) is 5.82 Å². The van der Waals surface area contributed by atoms with Gasteiger partial charge in [-0.25, -0.2) is 9.97 Å². The summed E-state index contributed by atoms with van der Waals surface area (Å²) in [5.41, 5.74) is 8.40. The van der Waals surface area contributed by atoms with Crippen LogP contribution < -0.4 is 11.1 Å². The van der Waals surface area contributed by atoms with Gasteiger partial charge in [-0.1, -0.05) is 6.42 Å². The van der Waals surface area contributed by atoms with Gasteiger partial charge in [-0.05, 0) is 46.0 Å². The quantitative estimate of drug-likeness (QED) is 0.802. The molecule has 0 aliphatic heterocycles. The first-order chi connectivity index (χ1) is 8.66. The SMILES string of the molecule is CC(N)CC(C)Nc1ncnc2c1CCCCC2. The zero-order chi connectivity index (χ0) is 13.0. The normalized spacial score (nSPS) is 18.6. The van der Waals surface area contributed by atoms with E-state index in [0.29, 0.717) is 6.04 Å². The number of aromatic nitrogens is 2. The third-order valence-corrected chi connectivity index (χ3v) is 3.48. The Hall–Kier alpha value is -1.16. The number of nitrogens with one attached hydrogen (secondary N) is 1. The predicted molar refractivity (Wildman–Crippen MR) is 74.6 cm³/mol. The molecule has 0 amide bonds. The van der Waals surface area contributed by atoms with Gasteiger partial charge in [0.05, 0.1) is 0 Å². The molecule has 2 atom stereocenters. The number of aryl methyl sites for hydroxylation is 1. The van der Waals surface area contributed by atoms with E-state index in [0.717, 1.165) is 25.1 Å². The Morgan fingerprint density at radius 3 is 2.78 bits per heavy atom. The predicted octanol–water partition coefficient (Wildman–Crippen LogP) is 2.28. The van der Waals surface area contributed by atoms with Crippen LogP contribution in [-0.2, 0) is 12.8 Å². The summed E-state index contributed by atoms with van der Waals surface area (Å²) >= 11 is 0. The number of fused-ring (bicyclic) bond motifs is 1. The number of hydrogen-bond acceptors (Lipinski definition) is 4. The van der Waals surface area contributed by atoms with Gasteiger partial charge in [0.25, 0.3) is 0 Å². The molecule has 18 heavy (non-hydrogen) atoms. The fourth-order valence-electron chi connectivity index (χ4n) is 2.67. The molecule has 1 aliphatic rings. The molecule has 0 radical (unpaired) electrons. The maximum absolute atomic E-state index is 5.84. The van der Waals surface area contributed by atoms with Gasteiger partial charge in [0.15, 0.2) is 0 Å². The van der Waals surface area contributed by atoms with Crippen LogP contribution in [0, 0.1) is 0 Å². The van der Waals surface area contributed by atoms with Crippen molar-refractivity contribution in [2.24, 2.45) is 5.73 Å². The maximum atomic E-state index is 5.84. The first kappa shape index (κ1) is 13.3. The molecule has 1 heterocycles. The molecule has 0 fully saturated rings. The average Bonchev–Trinajstić information content (AvgIpc) is 2.53. The van der Waals surface area contributed by atoms with Gasteiger partial charge >= 0.3 is 0 Å². The largest absolute Gasteiger partial charge is 0.367 e. The lowest BCUT2D eigenvalue weighted by Crippen LogP contribution is -2.27. The van der Waals surface area contributed by atoms with Gasteiger partial charge in [0, 0.05) is 23.3 Å². The molecule has 0 aromatic carbocycles.